The van der Waals surface area contributed by atoms with Gasteiger partial charge in [0, 0.05) is 5.92 Å². The van der Waals surface area contributed by atoms with Crippen LogP contribution in [0, 0.1) is 24.2 Å². The molecule has 0 heterocycles. The normalized spacial score (nSPS) is 17.8. The monoisotopic (exact) mass is 246 g/mol. The minimum absolute atomic E-state index is 0.341. The second-order valence-corrected chi connectivity index (χ2v) is 5.14. The molecule has 0 spiro atoms. The number of hydrogen-bond donors (Lipinski definition) is 0. The molecule has 1 rings (SSSR count). The van der Waals surface area contributed by atoms with E-state index in [0.29, 0.717) is 5.92 Å². The zero-order chi connectivity index (χ0) is 13.8. The Morgan fingerprint density at radius 1 is 1.33 bits per heavy atom. The summed E-state index contributed by atoms with van der Waals surface area (Å²) in [4.78, 5) is 0. The number of rotatable bonds is 5. The van der Waals surface area contributed by atoms with Gasteiger partial charge in [0.25, 0.3) is 0 Å². The first-order valence-electron chi connectivity index (χ1n) is 7.48. The number of hydrogen-bond acceptors (Lipinski definition) is 0. The lowest BCUT2D eigenvalue weighted by molar-refractivity contribution is 0.438. The molecule has 0 aromatic carbocycles. The van der Waals surface area contributed by atoms with Crippen molar-refractivity contribution in [3.63, 3.8) is 0 Å². The van der Waals surface area contributed by atoms with Crippen LogP contribution in [0.15, 0.2) is 23.8 Å². The van der Waals surface area contributed by atoms with Gasteiger partial charge in [-0.3, -0.25) is 0 Å². The zero-order valence-electron chi connectivity index (χ0n) is 12.7. The second kappa shape index (κ2) is 11.1. The molecular formula is C18H30. The van der Waals surface area contributed by atoms with Gasteiger partial charge in [0.05, 0.1) is 0 Å². The van der Waals surface area contributed by atoms with Gasteiger partial charge in [-0.15, -0.1) is 6.42 Å². The van der Waals surface area contributed by atoms with E-state index < -0.39 is 0 Å². The number of terminal acetylenes is 1. The van der Waals surface area contributed by atoms with Gasteiger partial charge >= 0.3 is 0 Å². The summed E-state index contributed by atoms with van der Waals surface area (Å²) in [5.74, 6) is 4.04. The quantitative estimate of drug-likeness (QED) is 0.541. The van der Waals surface area contributed by atoms with E-state index >= 15 is 0 Å². The largest absolute Gasteiger partial charge is 0.119 e. The van der Waals surface area contributed by atoms with Crippen LogP contribution in [0.3, 0.4) is 0 Å². The van der Waals surface area contributed by atoms with Crippen LogP contribution in [-0.4, -0.2) is 0 Å². The van der Waals surface area contributed by atoms with E-state index in [9.17, 15) is 0 Å². The second-order valence-electron chi connectivity index (χ2n) is 5.14. The molecule has 0 fully saturated rings. The fraction of sp³-hybridized carbons (Fsp3) is 0.667. The Hall–Kier alpha value is -0.960. The molecular weight excluding hydrogens is 216 g/mol. The molecule has 0 amide bonds. The Bertz CT molecular complexity index is 284. The van der Waals surface area contributed by atoms with Crippen LogP contribution < -0.4 is 0 Å². The minimum Gasteiger partial charge on any atom is -0.119 e. The smallest absolute Gasteiger partial charge is 0.0417 e. The molecule has 0 aromatic rings. The van der Waals surface area contributed by atoms with Crippen molar-refractivity contribution in [3.05, 3.63) is 23.8 Å². The number of allylic oxidation sites excluding steroid dienone is 4. The molecule has 1 unspecified atom stereocenters. The van der Waals surface area contributed by atoms with Crippen LogP contribution >= 0.6 is 0 Å². The maximum Gasteiger partial charge on any atom is 0.0417 e. The molecule has 102 valence electrons. The summed E-state index contributed by atoms with van der Waals surface area (Å²) in [6, 6.07) is 0. The summed E-state index contributed by atoms with van der Waals surface area (Å²) in [5.41, 5.74) is 1.32. The average Bonchev–Trinajstić information content (AvgIpc) is 2.42. The van der Waals surface area contributed by atoms with Crippen molar-refractivity contribution in [1.82, 2.24) is 0 Å². The predicted molar refractivity (Wildman–Crippen MR) is 83.4 cm³/mol. The summed E-state index contributed by atoms with van der Waals surface area (Å²) in [6.07, 6.45) is 19.5. The third kappa shape index (κ3) is 8.18. The maximum absolute atomic E-state index is 5.22. The van der Waals surface area contributed by atoms with E-state index in [1.165, 1.54) is 37.7 Å². The van der Waals surface area contributed by atoms with Gasteiger partial charge in [-0.05, 0) is 19.3 Å². The van der Waals surface area contributed by atoms with Crippen molar-refractivity contribution in [3.8, 4) is 12.3 Å². The molecule has 0 saturated heterocycles. The highest BCUT2D eigenvalue weighted by atomic mass is 14.1. The predicted octanol–water partition coefficient (Wildman–Crippen LogP) is 5.75. The average molecular weight is 246 g/mol. The Labute approximate surface area is 115 Å². The van der Waals surface area contributed by atoms with Gasteiger partial charge < -0.3 is 0 Å². The van der Waals surface area contributed by atoms with Crippen LogP contribution in [0.5, 0.6) is 0 Å². The SMILES string of the molecule is C#CC1C=CC(C)=CC1.CCCCC(CC)CC. The van der Waals surface area contributed by atoms with Gasteiger partial charge in [0.15, 0.2) is 0 Å². The molecule has 0 heteroatoms. The standard InChI is InChI=1S/C9H10.C9H20/c1-3-9-6-4-8(2)5-7-9;1-4-7-8-9(5-2)6-3/h1,4-6,9H,7H2,2H3;9H,4-8H2,1-3H3. The van der Waals surface area contributed by atoms with E-state index in [4.69, 9.17) is 6.42 Å². The first kappa shape index (κ1) is 17.0. The molecule has 0 aromatic heterocycles. The summed E-state index contributed by atoms with van der Waals surface area (Å²) >= 11 is 0. The summed E-state index contributed by atoms with van der Waals surface area (Å²) in [6.45, 7) is 8.94. The minimum atomic E-state index is 0.341. The first-order valence-corrected chi connectivity index (χ1v) is 7.48. The molecule has 0 bridgehead atoms. The van der Waals surface area contributed by atoms with E-state index in [1.54, 1.807) is 0 Å². The van der Waals surface area contributed by atoms with Gasteiger partial charge in [0.2, 0.25) is 0 Å². The highest BCUT2D eigenvalue weighted by Crippen LogP contribution is 2.15. The van der Waals surface area contributed by atoms with Crippen molar-refractivity contribution in [2.45, 2.75) is 66.2 Å². The Morgan fingerprint density at radius 3 is 2.39 bits per heavy atom. The molecule has 18 heavy (non-hydrogen) atoms. The van der Waals surface area contributed by atoms with Crippen molar-refractivity contribution in [1.29, 1.82) is 0 Å². The van der Waals surface area contributed by atoms with Gasteiger partial charge in [0.1, 0.15) is 0 Å². The van der Waals surface area contributed by atoms with Crippen molar-refractivity contribution >= 4 is 0 Å². The van der Waals surface area contributed by atoms with E-state index in [2.05, 4.69) is 51.8 Å². The fourth-order valence-corrected chi connectivity index (χ4v) is 2.04. The van der Waals surface area contributed by atoms with Crippen LogP contribution in [0.2, 0.25) is 0 Å². The van der Waals surface area contributed by atoms with Crippen LogP contribution in [-0.2, 0) is 0 Å². The molecule has 1 aliphatic carbocycles. The van der Waals surface area contributed by atoms with E-state index in [1.807, 2.05) is 0 Å². The third-order valence-electron chi connectivity index (χ3n) is 3.62. The van der Waals surface area contributed by atoms with E-state index in [0.717, 1.165) is 12.3 Å². The highest BCUT2D eigenvalue weighted by Gasteiger charge is 2.01. The van der Waals surface area contributed by atoms with Crippen molar-refractivity contribution in [2.24, 2.45) is 11.8 Å². The van der Waals surface area contributed by atoms with Crippen LogP contribution in [0.25, 0.3) is 0 Å². The first-order chi connectivity index (χ1) is 8.67. The highest BCUT2D eigenvalue weighted by molar-refractivity contribution is 5.25. The summed E-state index contributed by atoms with van der Waals surface area (Å²) in [5, 5.41) is 0. The Kier molecular flexibility index (Phi) is 10.6. The molecule has 0 radical (unpaired) electrons. The molecule has 0 N–H and O–H groups in total. The third-order valence-corrected chi connectivity index (χ3v) is 3.62. The van der Waals surface area contributed by atoms with Gasteiger partial charge in [-0.2, -0.15) is 0 Å². The lowest BCUT2D eigenvalue weighted by Crippen LogP contribution is -1.95. The van der Waals surface area contributed by atoms with Gasteiger partial charge in [-0.25, -0.2) is 0 Å². The Balaban J connectivity index is 0.000000321. The lowest BCUT2D eigenvalue weighted by atomic mass is 9.97. The van der Waals surface area contributed by atoms with Crippen molar-refractivity contribution in [2.75, 3.05) is 0 Å². The molecule has 0 saturated carbocycles. The molecule has 1 atom stereocenters. The molecule has 0 nitrogen and oxygen atoms in total. The topological polar surface area (TPSA) is 0 Å². The number of unbranched alkanes of at least 4 members (excludes halogenated alkanes) is 1. The van der Waals surface area contributed by atoms with E-state index in [-0.39, 0.29) is 0 Å². The van der Waals surface area contributed by atoms with Gasteiger partial charge in [-0.1, -0.05) is 82.6 Å². The fourth-order valence-electron chi connectivity index (χ4n) is 2.04. The maximum atomic E-state index is 5.22. The summed E-state index contributed by atoms with van der Waals surface area (Å²) < 4.78 is 0. The molecule has 1 aliphatic rings. The lowest BCUT2D eigenvalue weighted by Gasteiger charge is -2.09. The van der Waals surface area contributed by atoms with Crippen LogP contribution in [0.4, 0.5) is 0 Å². The summed E-state index contributed by atoms with van der Waals surface area (Å²) in [7, 11) is 0. The molecule has 0 aliphatic heterocycles. The Morgan fingerprint density at radius 2 is 2.00 bits per heavy atom. The van der Waals surface area contributed by atoms with Crippen molar-refractivity contribution < 1.29 is 0 Å². The van der Waals surface area contributed by atoms with Crippen LogP contribution in [0.1, 0.15) is 66.2 Å². The zero-order valence-corrected chi connectivity index (χ0v) is 12.7.